The predicted molar refractivity (Wildman–Crippen MR) is 114 cm³/mol. The summed E-state index contributed by atoms with van der Waals surface area (Å²) in [5.41, 5.74) is 1.92. The standard InChI is InChI=1S/C20H16N4OS3/c25-18(15-9-5-2-6-10-15)22-17-13-21-19(27-17)28-20-24-23-16(26-20)12-11-14-7-3-1-4-8-14/h1-10,13H,11-12H2,(H,22,25). The first-order chi connectivity index (χ1) is 13.8. The fourth-order valence-electron chi connectivity index (χ4n) is 2.49. The van der Waals surface area contributed by atoms with Crippen molar-refractivity contribution in [2.24, 2.45) is 0 Å². The molecule has 4 aromatic rings. The number of hydrogen-bond acceptors (Lipinski definition) is 7. The Hall–Kier alpha value is -2.55. The van der Waals surface area contributed by atoms with Crippen LogP contribution in [0.4, 0.5) is 5.00 Å². The highest BCUT2D eigenvalue weighted by molar-refractivity contribution is 8.02. The summed E-state index contributed by atoms with van der Waals surface area (Å²) in [6.45, 7) is 0. The number of nitrogens with one attached hydrogen (secondary N) is 1. The van der Waals surface area contributed by atoms with E-state index in [1.807, 2.05) is 36.4 Å². The number of rotatable bonds is 7. The number of aromatic nitrogens is 3. The third-order valence-electron chi connectivity index (χ3n) is 3.85. The highest BCUT2D eigenvalue weighted by Crippen LogP contribution is 2.35. The topological polar surface area (TPSA) is 67.8 Å². The molecule has 0 bridgehead atoms. The molecule has 1 amide bonds. The largest absolute Gasteiger partial charge is 0.312 e. The Balaban J connectivity index is 1.33. The third kappa shape index (κ3) is 5.03. The van der Waals surface area contributed by atoms with Crippen LogP contribution in [-0.2, 0) is 12.8 Å². The van der Waals surface area contributed by atoms with Crippen LogP contribution >= 0.6 is 34.4 Å². The lowest BCUT2D eigenvalue weighted by molar-refractivity contribution is 0.102. The predicted octanol–water partition coefficient (Wildman–Crippen LogP) is 5.18. The van der Waals surface area contributed by atoms with E-state index in [0.717, 1.165) is 26.5 Å². The zero-order valence-electron chi connectivity index (χ0n) is 14.7. The van der Waals surface area contributed by atoms with Crippen molar-refractivity contribution in [1.82, 2.24) is 15.2 Å². The lowest BCUT2D eigenvalue weighted by Gasteiger charge is -2.00. The first-order valence-electron chi connectivity index (χ1n) is 8.63. The van der Waals surface area contributed by atoms with Crippen LogP contribution in [0, 0.1) is 0 Å². The number of nitrogens with zero attached hydrogens (tertiary/aromatic N) is 3. The number of hydrogen-bond donors (Lipinski definition) is 1. The number of thiazole rings is 1. The van der Waals surface area contributed by atoms with Gasteiger partial charge in [0, 0.05) is 12.0 Å². The van der Waals surface area contributed by atoms with Crippen LogP contribution in [0.2, 0.25) is 0 Å². The highest BCUT2D eigenvalue weighted by atomic mass is 32.2. The Labute approximate surface area is 174 Å². The maximum Gasteiger partial charge on any atom is 0.256 e. The van der Waals surface area contributed by atoms with Crippen LogP contribution in [0.25, 0.3) is 0 Å². The normalized spacial score (nSPS) is 10.7. The summed E-state index contributed by atoms with van der Waals surface area (Å²) in [6, 6.07) is 19.5. The smallest absolute Gasteiger partial charge is 0.256 e. The number of amides is 1. The van der Waals surface area contributed by atoms with Crippen LogP contribution in [-0.4, -0.2) is 21.1 Å². The quantitative estimate of drug-likeness (QED) is 0.442. The van der Waals surface area contributed by atoms with Gasteiger partial charge in [-0.15, -0.1) is 10.2 Å². The summed E-state index contributed by atoms with van der Waals surface area (Å²) < 4.78 is 1.69. The SMILES string of the molecule is O=C(Nc1cnc(Sc2nnc(CCc3ccccc3)s2)s1)c1ccccc1. The molecule has 0 radical (unpaired) electrons. The second-order valence-corrected chi connectivity index (χ2v) is 9.45. The first kappa shape index (κ1) is 18.8. The Morgan fingerprint density at radius 2 is 1.64 bits per heavy atom. The van der Waals surface area contributed by atoms with E-state index in [2.05, 4.69) is 32.6 Å². The van der Waals surface area contributed by atoms with Crippen LogP contribution in [0.15, 0.2) is 75.5 Å². The number of carbonyl (C=O) groups is 1. The molecule has 0 aliphatic heterocycles. The first-order valence-corrected chi connectivity index (χ1v) is 11.1. The molecule has 140 valence electrons. The Morgan fingerprint density at radius 1 is 0.893 bits per heavy atom. The van der Waals surface area contributed by atoms with Crippen molar-refractivity contribution < 1.29 is 4.79 Å². The second kappa shape index (κ2) is 9.09. The Bertz CT molecular complexity index is 1050. The van der Waals surface area contributed by atoms with Gasteiger partial charge in [0.25, 0.3) is 5.91 Å². The molecule has 2 aromatic carbocycles. The molecule has 0 saturated carbocycles. The second-order valence-electron chi connectivity index (χ2n) is 5.86. The van der Waals surface area contributed by atoms with Gasteiger partial charge in [-0.2, -0.15) is 0 Å². The van der Waals surface area contributed by atoms with Gasteiger partial charge >= 0.3 is 0 Å². The molecule has 2 aromatic heterocycles. The lowest BCUT2D eigenvalue weighted by Crippen LogP contribution is -2.10. The maximum absolute atomic E-state index is 12.2. The summed E-state index contributed by atoms with van der Waals surface area (Å²) in [5, 5.41) is 13.1. The summed E-state index contributed by atoms with van der Waals surface area (Å²) >= 11 is 4.49. The molecule has 1 N–H and O–H groups in total. The summed E-state index contributed by atoms with van der Waals surface area (Å²) in [6.07, 6.45) is 3.50. The zero-order valence-corrected chi connectivity index (χ0v) is 17.2. The van der Waals surface area contributed by atoms with Gasteiger partial charge < -0.3 is 5.32 Å². The van der Waals surface area contributed by atoms with Crippen molar-refractivity contribution in [2.45, 2.75) is 21.5 Å². The monoisotopic (exact) mass is 424 g/mol. The molecule has 0 unspecified atom stereocenters. The molecule has 0 fully saturated rings. The molecule has 0 aliphatic rings. The van der Waals surface area contributed by atoms with E-state index in [0.29, 0.717) is 10.6 Å². The van der Waals surface area contributed by atoms with Crippen molar-refractivity contribution in [1.29, 1.82) is 0 Å². The summed E-state index contributed by atoms with van der Waals surface area (Å²) in [4.78, 5) is 16.6. The van der Waals surface area contributed by atoms with Gasteiger partial charge in [-0.1, -0.05) is 71.2 Å². The molecule has 2 heterocycles. The number of carbonyl (C=O) groups excluding carboxylic acids is 1. The lowest BCUT2D eigenvalue weighted by atomic mass is 10.1. The van der Waals surface area contributed by atoms with E-state index >= 15 is 0 Å². The molecular formula is C20H16N4OS3. The van der Waals surface area contributed by atoms with Gasteiger partial charge in [0.2, 0.25) is 0 Å². The van der Waals surface area contributed by atoms with Crippen molar-refractivity contribution >= 4 is 45.3 Å². The maximum atomic E-state index is 12.2. The molecule has 4 rings (SSSR count). The molecule has 0 atom stereocenters. The van der Waals surface area contributed by atoms with E-state index in [9.17, 15) is 4.79 Å². The van der Waals surface area contributed by atoms with Crippen LogP contribution in [0.1, 0.15) is 20.9 Å². The van der Waals surface area contributed by atoms with E-state index in [4.69, 9.17) is 0 Å². The van der Waals surface area contributed by atoms with Gasteiger partial charge in [-0.05, 0) is 35.9 Å². The Morgan fingerprint density at radius 3 is 2.43 bits per heavy atom. The average Bonchev–Trinajstić information content (AvgIpc) is 3.37. The van der Waals surface area contributed by atoms with Crippen molar-refractivity contribution in [2.75, 3.05) is 5.32 Å². The van der Waals surface area contributed by atoms with Crippen molar-refractivity contribution in [3.05, 3.63) is 83.0 Å². The molecular weight excluding hydrogens is 408 g/mol. The average molecular weight is 425 g/mol. The van der Waals surface area contributed by atoms with Gasteiger partial charge in [-0.3, -0.25) is 4.79 Å². The number of benzene rings is 2. The fourth-order valence-corrected chi connectivity index (χ4v) is 5.46. The molecule has 0 aliphatic carbocycles. The van der Waals surface area contributed by atoms with Crippen molar-refractivity contribution in [3.63, 3.8) is 0 Å². The minimum absolute atomic E-state index is 0.139. The fraction of sp³-hybridized carbons (Fsp3) is 0.100. The van der Waals surface area contributed by atoms with Crippen molar-refractivity contribution in [3.8, 4) is 0 Å². The minimum Gasteiger partial charge on any atom is -0.312 e. The minimum atomic E-state index is -0.139. The van der Waals surface area contributed by atoms with Crippen LogP contribution < -0.4 is 5.32 Å². The van der Waals surface area contributed by atoms with Gasteiger partial charge in [0.05, 0.1) is 6.20 Å². The van der Waals surface area contributed by atoms with E-state index in [1.165, 1.54) is 28.7 Å². The Kier molecular flexibility index (Phi) is 6.11. The number of aryl methyl sites for hydroxylation is 2. The van der Waals surface area contributed by atoms with Gasteiger partial charge in [0.15, 0.2) is 8.68 Å². The zero-order chi connectivity index (χ0) is 19.2. The third-order valence-corrected chi connectivity index (χ3v) is 6.87. The summed E-state index contributed by atoms with van der Waals surface area (Å²) in [7, 11) is 0. The molecule has 0 saturated heterocycles. The number of anilines is 1. The van der Waals surface area contributed by atoms with Crippen LogP contribution in [0.3, 0.4) is 0 Å². The van der Waals surface area contributed by atoms with E-state index in [1.54, 1.807) is 29.7 Å². The highest BCUT2D eigenvalue weighted by Gasteiger charge is 2.12. The van der Waals surface area contributed by atoms with Gasteiger partial charge in [-0.25, -0.2) is 4.98 Å². The van der Waals surface area contributed by atoms with E-state index < -0.39 is 0 Å². The molecule has 0 spiro atoms. The summed E-state index contributed by atoms with van der Waals surface area (Å²) in [5.74, 6) is -0.139. The molecule has 5 nitrogen and oxygen atoms in total. The molecule has 8 heteroatoms. The van der Waals surface area contributed by atoms with E-state index in [-0.39, 0.29) is 5.91 Å². The molecule has 28 heavy (non-hydrogen) atoms. The van der Waals surface area contributed by atoms with Crippen LogP contribution in [0.5, 0.6) is 0 Å². The van der Waals surface area contributed by atoms with Gasteiger partial charge in [0.1, 0.15) is 10.0 Å².